The van der Waals surface area contributed by atoms with Gasteiger partial charge in [0.2, 0.25) is 0 Å². The van der Waals surface area contributed by atoms with Gasteiger partial charge in [0.25, 0.3) is 0 Å². The maximum atomic E-state index is 11.9. The van der Waals surface area contributed by atoms with Gasteiger partial charge in [0.15, 0.2) is 9.84 Å². The zero-order chi connectivity index (χ0) is 19.1. The number of fused-ring (bicyclic) bond motifs is 2. The summed E-state index contributed by atoms with van der Waals surface area (Å²) in [5.74, 6) is 1.82. The molecular formula is C22H25N3O2S. The molecule has 0 radical (unpaired) electrons. The van der Waals surface area contributed by atoms with E-state index in [4.69, 9.17) is 4.98 Å². The lowest BCUT2D eigenvalue weighted by Crippen LogP contribution is -2.33. The van der Waals surface area contributed by atoms with E-state index in [0.29, 0.717) is 11.5 Å². The van der Waals surface area contributed by atoms with Crippen LogP contribution in [0.2, 0.25) is 0 Å². The molecule has 5 rings (SSSR count). The van der Waals surface area contributed by atoms with E-state index in [1.165, 1.54) is 11.1 Å². The highest BCUT2D eigenvalue weighted by atomic mass is 32.2. The van der Waals surface area contributed by atoms with Gasteiger partial charge >= 0.3 is 0 Å². The van der Waals surface area contributed by atoms with Crippen LogP contribution in [-0.4, -0.2) is 40.9 Å². The van der Waals surface area contributed by atoms with Crippen molar-refractivity contribution in [1.82, 2.24) is 14.5 Å². The molecule has 1 aromatic heterocycles. The predicted octanol–water partition coefficient (Wildman–Crippen LogP) is 3.03. The van der Waals surface area contributed by atoms with Crippen LogP contribution in [-0.2, 0) is 35.9 Å². The lowest BCUT2D eigenvalue weighted by molar-refractivity contribution is 0.199. The van der Waals surface area contributed by atoms with Crippen LogP contribution in [0.3, 0.4) is 0 Å². The van der Waals surface area contributed by atoms with Crippen LogP contribution < -0.4 is 0 Å². The Morgan fingerprint density at radius 1 is 1.04 bits per heavy atom. The second-order valence-electron chi connectivity index (χ2n) is 8.13. The van der Waals surface area contributed by atoms with Gasteiger partial charge in [0, 0.05) is 19.5 Å². The van der Waals surface area contributed by atoms with Crippen molar-refractivity contribution in [2.75, 3.05) is 18.1 Å². The van der Waals surface area contributed by atoms with E-state index in [2.05, 4.69) is 45.9 Å². The van der Waals surface area contributed by atoms with Crippen molar-refractivity contribution in [3.8, 4) is 0 Å². The molecule has 0 spiro atoms. The van der Waals surface area contributed by atoms with E-state index >= 15 is 0 Å². The monoisotopic (exact) mass is 395 g/mol. The first-order chi connectivity index (χ1) is 13.6. The topological polar surface area (TPSA) is 55.2 Å². The quantitative estimate of drug-likeness (QED) is 0.681. The van der Waals surface area contributed by atoms with E-state index in [1.54, 1.807) is 0 Å². The van der Waals surface area contributed by atoms with Gasteiger partial charge in [-0.15, -0.1) is 0 Å². The third kappa shape index (κ3) is 3.47. The zero-order valence-corrected chi connectivity index (χ0v) is 16.7. The van der Waals surface area contributed by atoms with E-state index in [9.17, 15) is 8.42 Å². The summed E-state index contributed by atoms with van der Waals surface area (Å²) in [5.41, 5.74) is 4.99. The number of hydrogen-bond acceptors (Lipinski definition) is 4. The van der Waals surface area contributed by atoms with Gasteiger partial charge in [0.05, 0.1) is 29.2 Å². The lowest BCUT2D eigenvalue weighted by Gasteiger charge is -2.29. The fraction of sp³-hybridized carbons (Fsp3) is 0.409. The maximum Gasteiger partial charge on any atom is 0.150 e. The molecule has 146 valence electrons. The molecule has 2 aliphatic heterocycles. The van der Waals surface area contributed by atoms with Crippen LogP contribution in [0.4, 0.5) is 0 Å². The Morgan fingerprint density at radius 2 is 1.82 bits per heavy atom. The molecule has 1 saturated heterocycles. The largest absolute Gasteiger partial charge is 0.314 e. The molecule has 1 atom stereocenters. The summed E-state index contributed by atoms with van der Waals surface area (Å²) in [5, 5.41) is 0. The first-order valence-corrected chi connectivity index (χ1v) is 11.8. The smallest absolute Gasteiger partial charge is 0.150 e. The molecule has 3 aromatic rings. The van der Waals surface area contributed by atoms with Crippen molar-refractivity contribution < 1.29 is 8.42 Å². The molecule has 3 heterocycles. The average molecular weight is 396 g/mol. The van der Waals surface area contributed by atoms with Crippen LogP contribution >= 0.6 is 0 Å². The van der Waals surface area contributed by atoms with Crippen molar-refractivity contribution in [2.45, 2.75) is 32.5 Å². The number of hydrogen-bond donors (Lipinski definition) is 0. The molecule has 5 nitrogen and oxygen atoms in total. The molecule has 0 amide bonds. The SMILES string of the molecule is O=S1(=O)CCC(Cc2nc3ccccc3n2CN2CCc3ccccc3C2)C1. The summed E-state index contributed by atoms with van der Waals surface area (Å²) in [4.78, 5) is 7.34. The highest BCUT2D eigenvalue weighted by Gasteiger charge is 2.29. The molecule has 0 aliphatic carbocycles. The Morgan fingerprint density at radius 3 is 2.64 bits per heavy atom. The predicted molar refractivity (Wildman–Crippen MR) is 111 cm³/mol. The normalized spacial score (nSPS) is 21.8. The highest BCUT2D eigenvalue weighted by molar-refractivity contribution is 7.91. The maximum absolute atomic E-state index is 11.9. The number of sulfone groups is 1. The Balaban J connectivity index is 1.43. The van der Waals surface area contributed by atoms with Crippen LogP contribution in [0.5, 0.6) is 0 Å². The fourth-order valence-corrected chi connectivity index (χ4v) is 6.47. The number of nitrogens with zero attached hydrogens (tertiary/aromatic N) is 3. The van der Waals surface area contributed by atoms with Crippen LogP contribution in [0, 0.1) is 5.92 Å². The summed E-state index contributed by atoms with van der Waals surface area (Å²) < 4.78 is 26.1. The van der Waals surface area contributed by atoms with E-state index in [-0.39, 0.29) is 5.92 Å². The summed E-state index contributed by atoms with van der Waals surface area (Å²) in [7, 11) is -2.87. The zero-order valence-electron chi connectivity index (χ0n) is 15.9. The van der Waals surface area contributed by atoms with Crippen molar-refractivity contribution in [2.24, 2.45) is 5.92 Å². The Kier molecular flexibility index (Phi) is 4.48. The second kappa shape index (κ2) is 7.01. The van der Waals surface area contributed by atoms with Crippen molar-refractivity contribution in [3.05, 3.63) is 65.5 Å². The van der Waals surface area contributed by atoms with Gasteiger partial charge in [-0.25, -0.2) is 13.4 Å². The van der Waals surface area contributed by atoms with Gasteiger partial charge in [-0.2, -0.15) is 0 Å². The standard InChI is InChI=1S/C22H25N3O2S/c26-28(27)12-10-17(15-28)13-22-23-20-7-3-4-8-21(20)25(22)16-24-11-9-18-5-1-2-6-19(18)14-24/h1-8,17H,9-16H2. The molecule has 6 heteroatoms. The van der Waals surface area contributed by atoms with Gasteiger partial charge in [-0.1, -0.05) is 36.4 Å². The first kappa shape index (κ1) is 17.9. The molecule has 0 saturated carbocycles. The number of rotatable bonds is 4. The minimum atomic E-state index is -2.87. The first-order valence-electron chi connectivity index (χ1n) is 10.0. The summed E-state index contributed by atoms with van der Waals surface area (Å²) >= 11 is 0. The molecular weight excluding hydrogens is 370 g/mol. The van der Waals surface area contributed by atoms with Gasteiger partial charge in [-0.3, -0.25) is 4.90 Å². The Labute approximate surface area is 165 Å². The van der Waals surface area contributed by atoms with Gasteiger partial charge in [0.1, 0.15) is 5.82 Å². The number of imidazole rings is 1. The number of para-hydroxylation sites is 2. The number of benzene rings is 2. The van der Waals surface area contributed by atoms with E-state index in [1.807, 2.05) is 12.1 Å². The van der Waals surface area contributed by atoms with Crippen LogP contribution in [0.1, 0.15) is 23.4 Å². The third-order valence-electron chi connectivity index (χ3n) is 6.08. The molecule has 1 fully saturated rings. The molecule has 0 bridgehead atoms. The number of aromatic nitrogens is 2. The molecule has 1 unspecified atom stereocenters. The van der Waals surface area contributed by atoms with Crippen molar-refractivity contribution in [1.29, 1.82) is 0 Å². The second-order valence-corrected chi connectivity index (χ2v) is 10.4. The molecule has 2 aliphatic rings. The minimum absolute atomic E-state index is 0.183. The Hall–Kier alpha value is -2.18. The third-order valence-corrected chi connectivity index (χ3v) is 7.92. The van der Waals surface area contributed by atoms with Crippen LogP contribution in [0.25, 0.3) is 11.0 Å². The van der Waals surface area contributed by atoms with E-state index in [0.717, 1.165) is 55.9 Å². The average Bonchev–Trinajstić information content (AvgIpc) is 3.21. The summed E-state index contributed by atoms with van der Waals surface area (Å²) in [6, 6.07) is 16.9. The van der Waals surface area contributed by atoms with Crippen molar-refractivity contribution in [3.63, 3.8) is 0 Å². The lowest BCUT2D eigenvalue weighted by atomic mass is 10.0. The van der Waals surface area contributed by atoms with E-state index < -0.39 is 9.84 Å². The van der Waals surface area contributed by atoms with Crippen molar-refractivity contribution >= 4 is 20.9 Å². The minimum Gasteiger partial charge on any atom is -0.314 e. The fourth-order valence-electron chi connectivity index (χ4n) is 4.61. The summed E-state index contributed by atoms with van der Waals surface area (Å²) in [6.07, 6.45) is 2.56. The Bertz CT molecular complexity index is 1120. The molecule has 28 heavy (non-hydrogen) atoms. The molecule has 0 N–H and O–H groups in total. The summed E-state index contributed by atoms with van der Waals surface area (Å²) in [6.45, 7) is 2.77. The van der Waals surface area contributed by atoms with Crippen LogP contribution in [0.15, 0.2) is 48.5 Å². The highest BCUT2D eigenvalue weighted by Crippen LogP contribution is 2.26. The van der Waals surface area contributed by atoms with Gasteiger partial charge in [-0.05, 0) is 42.0 Å². The van der Waals surface area contributed by atoms with Gasteiger partial charge < -0.3 is 4.57 Å². The molecule has 2 aromatic carbocycles.